The number of nitrogens with zero attached hydrogens (tertiary/aromatic N) is 1. The van der Waals surface area contributed by atoms with E-state index in [1.807, 2.05) is 0 Å². The molecule has 153 valence electrons. The number of aromatic nitrogens is 1. The Kier molecular flexibility index (Phi) is 5.44. The minimum Gasteiger partial charge on any atom is -0.368 e. The standard InChI is InChI=1S/C22H18F2N3O2S/c23-14-8-6-13(7-9-14)19-18(17(28)12-22(21(25)29)10-3-11-26-22)27-20(30-19)15-4-1-2-5-16(15)24/h1-2,4-9,12,26H,3,10-11H2,(H2,25,29). The lowest BCUT2D eigenvalue weighted by atomic mass is 9.89. The van der Waals surface area contributed by atoms with E-state index in [0.717, 1.165) is 11.3 Å². The number of nitrogens with two attached hydrogens (primary N) is 1. The van der Waals surface area contributed by atoms with E-state index in [0.29, 0.717) is 34.8 Å². The molecule has 3 aromatic rings. The van der Waals surface area contributed by atoms with Crippen LogP contribution in [0.3, 0.4) is 0 Å². The van der Waals surface area contributed by atoms with Gasteiger partial charge >= 0.3 is 0 Å². The molecule has 0 spiro atoms. The molecular formula is C22H18F2N3O2S. The van der Waals surface area contributed by atoms with Gasteiger partial charge in [-0.05, 0) is 49.2 Å². The zero-order valence-electron chi connectivity index (χ0n) is 15.8. The number of carbonyl (C=O) groups is 2. The molecule has 8 heteroatoms. The number of hydrogen-bond donors (Lipinski definition) is 2. The van der Waals surface area contributed by atoms with Crippen LogP contribution in [0, 0.1) is 18.1 Å². The van der Waals surface area contributed by atoms with Gasteiger partial charge in [-0.15, -0.1) is 11.3 Å². The van der Waals surface area contributed by atoms with E-state index >= 15 is 0 Å². The zero-order valence-corrected chi connectivity index (χ0v) is 16.6. The van der Waals surface area contributed by atoms with E-state index in [4.69, 9.17) is 5.73 Å². The summed E-state index contributed by atoms with van der Waals surface area (Å²) in [5.74, 6) is -2.02. The van der Waals surface area contributed by atoms with E-state index in [2.05, 4.69) is 10.3 Å². The lowest BCUT2D eigenvalue weighted by Crippen LogP contribution is -2.53. The number of halogens is 2. The third-order valence-corrected chi connectivity index (χ3v) is 6.21. The highest BCUT2D eigenvalue weighted by molar-refractivity contribution is 7.18. The highest BCUT2D eigenvalue weighted by Crippen LogP contribution is 2.38. The minimum atomic E-state index is -1.24. The van der Waals surface area contributed by atoms with Crippen LogP contribution in [-0.2, 0) is 4.79 Å². The van der Waals surface area contributed by atoms with Crippen LogP contribution in [0.5, 0.6) is 0 Å². The summed E-state index contributed by atoms with van der Waals surface area (Å²) < 4.78 is 27.7. The Labute approximate surface area is 175 Å². The van der Waals surface area contributed by atoms with E-state index in [9.17, 15) is 18.4 Å². The van der Waals surface area contributed by atoms with E-state index < -0.39 is 28.9 Å². The molecule has 0 saturated carbocycles. The predicted molar refractivity (Wildman–Crippen MR) is 111 cm³/mol. The maximum absolute atomic E-state index is 14.3. The van der Waals surface area contributed by atoms with Gasteiger partial charge < -0.3 is 11.1 Å². The summed E-state index contributed by atoms with van der Waals surface area (Å²) in [5.41, 5.74) is 5.21. The summed E-state index contributed by atoms with van der Waals surface area (Å²) >= 11 is 1.13. The van der Waals surface area contributed by atoms with Crippen LogP contribution in [0.15, 0.2) is 48.5 Å². The average molecular weight is 426 g/mol. The first-order valence-corrected chi connectivity index (χ1v) is 10.2. The smallest absolute Gasteiger partial charge is 0.238 e. The van der Waals surface area contributed by atoms with Crippen LogP contribution in [0.4, 0.5) is 8.78 Å². The molecule has 2 aromatic carbocycles. The van der Waals surface area contributed by atoms with Crippen molar-refractivity contribution in [2.75, 3.05) is 6.54 Å². The molecule has 1 unspecified atom stereocenters. The fourth-order valence-electron chi connectivity index (χ4n) is 3.50. The number of ketones is 1. The molecule has 1 radical (unpaired) electrons. The SMILES string of the molecule is NC(=O)C1([CH]C(=O)c2nc(-c3ccccc3F)sc2-c2ccc(F)cc2)CCCN1. The fraction of sp³-hybridized carbons (Fsp3) is 0.182. The molecule has 1 amide bonds. The molecule has 4 rings (SSSR count). The number of carbonyl (C=O) groups excluding carboxylic acids is 2. The van der Waals surface area contributed by atoms with Gasteiger partial charge in [0.05, 0.1) is 11.3 Å². The second kappa shape index (κ2) is 8.04. The van der Waals surface area contributed by atoms with Crippen molar-refractivity contribution >= 4 is 23.0 Å². The number of rotatable bonds is 6. The number of amides is 1. The number of Topliss-reactive ketones (excluding diaryl/α,β-unsaturated/α-hetero) is 1. The summed E-state index contributed by atoms with van der Waals surface area (Å²) in [7, 11) is 0. The van der Waals surface area contributed by atoms with Crippen LogP contribution in [0.1, 0.15) is 23.3 Å². The van der Waals surface area contributed by atoms with Crippen molar-refractivity contribution in [2.45, 2.75) is 18.4 Å². The Hall–Kier alpha value is -2.97. The van der Waals surface area contributed by atoms with Crippen molar-refractivity contribution in [3.05, 3.63) is 72.3 Å². The van der Waals surface area contributed by atoms with Crippen molar-refractivity contribution in [3.8, 4) is 21.0 Å². The van der Waals surface area contributed by atoms with E-state index in [1.54, 1.807) is 18.2 Å². The number of primary amides is 1. The van der Waals surface area contributed by atoms with Crippen molar-refractivity contribution < 1.29 is 18.4 Å². The fourth-order valence-corrected chi connectivity index (χ4v) is 4.60. The maximum atomic E-state index is 14.3. The molecule has 1 aliphatic rings. The first-order chi connectivity index (χ1) is 14.4. The van der Waals surface area contributed by atoms with Crippen LogP contribution in [-0.4, -0.2) is 28.8 Å². The van der Waals surface area contributed by atoms with Crippen molar-refractivity contribution in [3.63, 3.8) is 0 Å². The molecule has 1 saturated heterocycles. The average Bonchev–Trinajstić information content (AvgIpc) is 3.37. The van der Waals surface area contributed by atoms with Gasteiger partial charge in [0.1, 0.15) is 27.9 Å². The molecule has 3 N–H and O–H groups in total. The topological polar surface area (TPSA) is 85.1 Å². The highest BCUT2D eigenvalue weighted by Gasteiger charge is 2.42. The third kappa shape index (κ3) is 3.76. The Bertz CT molecular complexity index is 1110. The van der Waals surface area contributed by atoms with Gasteiger partial charge in [0.25, 0.3) is 0 Å². The highest BCUT2D eigenvalue weighted by atomic mass is 32.1. The zero-order chi connectivity index (χ0) is 21.3. The second-order valence-corrected chi connectivity index (χ2v) is 8.06. The molecule has 1 atom stereocenters. The van der Waals surface area contributed by atoms with Gasteiger partial charge in [0, 0.05) is 5.56 Å². The molecule has 2 heterocycles. The Morgan fingerprint density at radius 3 is 2.50 bits per heavy atom. The Balaban J connectivity index is 1.79. The lowest BCUT2D eigenvalue weighted by molar-refractivity contribution is -0.122. The predicted octanol–water partition coefficient (Wildman–Crippen LogP) is 3.75. The van der Waals surface area contributed by atoms with E-state index in [-0.39, 0.29) is 11.3 Å². The molecule has 0 aliphatic carbocycles. The number of hydrogen-bond acceptors (Lipinski definition) is 5. The Morgan fingerprint density at radius 2 is 1.87 bits per heavy atom. The minimum absolute atomic E-state index is 0.0687. The Morgan fingerprint density at radius 1 is 1.13 bits per heavy atom. The van der Waals surface area contributed by atoms with Gasteiger partial charge in [-0.3, -0.25) is 9.59 Å². The van der Waals surface area contributed by atoms with E-state index in [1.165, 1.54) is 36.8 Å². The summed E-state index contributed by atoms with van der Waals surface area (Å²) in [4.78, 5) is 30.1. The second-order valence-electron chi connectivity index (χ2n) is 7.06. The summed E-state index contributed by atoms with van der Waals surface area (Å²) in [5, 5.41) is 3.32. The van der Waals surface area contributed by atoms with Crippen molar-refractivity contribution in [2.24, 2.45) is 5.73 Å². The van der Waals surface area contributed by atoms with Crippen molar-refractivity contribution in [1.82, 2.24) is 10.3 Å². The van der Waals surface area contributed by atoms with Gasteiger partial charge in [-0.1, -0.05) is 24.3 Å². The van der Waals surface area contributed by atoms with Crippen LogP contribution in [0.2, 0.25) is 0 Å². The van der Waals surface area contributed by atoms with Crippen LogP contribution >= 0.6 is 11.3 Å². The molecule has 5 nitrogen and oxygen atoms in total. The first kappa shape index (κ1) is 20.3. The largest absolute Gasteiger partial charge is 0.368 e. The molecule has 30 heavy (non-hydrogen) atoms. The molecule has 1 aliphatic heterocycles. The summed E-state index contributed by atoms with van der Waals surface area (Å²) in [6.07, 6.45) is 2.37. The van der Waals surface area contributed by atoms with Gasteiger partial charge in [0.15, 0.2) is 5.78 Å². The quantitative estimate of drug-likeness (QED) is 0.588. The normalized spacial score (nSPS) is 18.5. The number of benzene rings is 2. The van der Waals surface area contributed by atoms with Crippen molar-refractivity contribution in [1.29, 1.82) is 0 Å². The molecule has 1 fully saturated rings. The maximum Gasteiger partial charge on any atom is 0.238 e. The molecular weight excluding hydrogens is 408 g/mol. The summed E-state index contributed by atoms with van der Waals surface area (Å²) in [6, 6.07) is 11.7. The molecule has 1 aromatic heterocycles. The third-order valence-electron chi connectivity index (χ3n) is 5.08. The summed E-state index contributed by atoms with van der Waals surface area (Å²) in [6.45, 7) is 0.565. The van der Waals surface area contributed by atoms with Gasteiger partial charge in [-0.25, -0.2) is 13.8 Å². The van der Waals surface area contributed by atoms with Crippen LogP contribution < -0.4 is 11.1 Å². The monoisotopic (exact) mass is 426 g/mol. The number of nitrogens with one attached hydrogen (secondary N) is 1. The molecule has 0 bridgehead atoms. The van der Waals surface area contributed by atoms with Gasteiger partial charge in [0.2, 0.25) is 5.91 Å². The van der Waals surface area contributed by atoms with Gasteiger partial charge in [-0.2, -0.15) is 0 Å². The lowest BCUT2D eigenvalue weighted by Gasteiger charge is -2.24. The first-order valence-electron chi connectivity index (χ1n) is 9.36. The van der Waals surface area contributed by atoms with Crippen LogP contribution in [0.25, 0.3) is 21.0 Å². The number of thiazole rings is 1.